The number of nitrogens with one attached hydrogen (secondary N) is 1. The average Bonchev–Trinajstić information content (AvgIpc) is 2.23. The largest absolute Gasteiger partial charge is 0.359 e. The van der Waals surface area contributed by atoms with Crippen molar-refractivity contribution in [3.05, 3.63) is 12.3 Å². The van der Waals surface area contributed by atoms with Crippen molar-refractivity contribution in [1.82, 2.24) is 9.97 Å². The molecule has 0 unspecified atom stereocenters. The van der Waals surface area contributed by atoms with E-state index < -0.39 is 0 Å². The van der Waals surface area contributed by atoms with Crippen LogP contribution in [0.2, 0.25) is 0 Å². The molecule has 1 heterocycles. The standard InChI is InChI=1S/C10H17N5/c1-15(7-8-3-2-4-8)9-5-6-12-10(13-9)14-11/h5-6,8H,2-4,7,11H2,1H3,(H,12,13,14). The topological polar surface area (TPSA) is 67.1 Å². The number of hydrazine groups is 1. The molecule has 0 spiro atoms. The Bertz CT molecular complexity index is 323. The minimum absolute atomic E-state index is 0.466. The second-order valence-corrected chi connectivity index (χ2v) is 4.06. The van der Waals surface area contributed by atoms with E-state index in [1.54, 1.807) is 6.20 Å². The first kappa shape index (κ1) is 10.2. The summed E-state index contributed by atoms with van der Waals surface area (Å²) in [6.07, 6.45) is 5.78. The van der Waals surface area contributed by atoms with Crippen molar-refractivity contribution in [1.29, 1.82) is 0 Å². The van der Waals surface area contributed by atoms with Crippen LogP contribution in [-0.4, -0.2) is 23.6 Å². The number of nitrogens with two attached hydrogens (primary N) is 1. The highest BCUT2D eigenvalue weighted by Gasteiger charge is 2.19. The van der Waals surface area contributed by atoms with E-state index in [1.807, 2.05) is 6.07 Å². The van der Waals surface area contributed by atoms with E-state index in [4.69, 9.17) is 5.84 Å². The van der Waals surface area contributed by atoms with Gasteiger partial charge in [-0.2, -0.15) is 4.98 Å². The molecule has 2 rings (SSSR count). The molecule has 5 heteroatoms. The number of anilines is 2. The third-order valence-corrected chi connectivity index (χ3v) is 2.92. The molecule has 1 aromatic heterocycles. The van der Waals surface area contributed by atoms with Crippen molar-refractivity contribution in [2.45, 2.75) is 19.3 Å². The van der Waals surface area contributed by atoms with Crippen LogP contribution >= 0.6 is 0 Å². The molecule has 3 N–H and O–H groups in total. The first-order valence-corrected chi connectivity index (χ1v) is 5.30. The van der Waals surface area contributed by atoms with E-state index in [9.17, 15) is 0 Å². The molecule has 1 aliphatic rings. The van der Waals surface area contributed by atoms with Crippen molar-refractivity contribution in [2.24, 2.45) is 11.8 Å². The first-order chi connectivity index (χ1) is 7.29. The molecule has 1 aromatic rings. The van der Waals surface area contributed by atoms with E-state index in [0.29, 0.717) is 5.95 Å². The molecule has 0 amide bonds. The summed E-state index contributed by atoms with van der Waals surface area (Å²) in [6, 6.07) is 1.90. The van der Waals surface area contributed by atoms with Crippen molar-refractivity contribution in [3.63, 3.8) is 0 Å². The van der Waals surface area contributed by atoms with E-state index in [-0.39, 0.29) is 0 Å². The maximum Gasteiger partial charge on any atom is 0.239 e. The zero-order chi connectivity index (χ0) is 10.7. The summed E-state index contributed by atoms with van der Waals surface area (Å²) in [5.41, 5.74) is 2.45. The normalized spacial score (nSPS) is 15.9. The zero-order valence-electron chi connectivity index (χ0n) is 8.98. The van der Waals surface area contributed by atoms with Crippen molar-refractivity contribution in [3.8, 4) is 0 Å². The monoisotopic (exact) mass is 207 g/mol. The molecule has 0 radical (unpaired) electrons. The Morgan fingerprint density at radius 3 is 3.00 bits per heavy atom. The highest BCUT2D eigenvalue weighted by molar-refractivity contribution is 5.41. The fourth-order valence-corrected chi connectivity index (χ4v) is 1.79. The maximum atomic E-state index is 5.26. The Kier molecular flexibility index (Phi) is 3.01. The van der Waals surface area contributed by atoms with Crippen molar-refractivity contribution < 1.29 is 0 Å². The van der Waals surface area contributed by atoms with E-state index >= 15 is 0 Å². The van der Waals surface area contributed by atoms with Crippen molar-refractivity contribution >= 4 is 11.8 Å². The second kappa shape index (κ2) is 4.44. The second-order valence-electron chi connectivity index (χ2n) is 4.06. The quantitative estimate of drug-likeness (QED) is 0.569. The van der Waals surface area contributed by atoms with Crippen LogP contribution in [0.3, 0.4) is 0 Å². The highest BCUT2D eigenvalue weighted by atomic mass is 15.3. The van der Waals surface area contributed by atoms with Gasteiger partial charge in [0.15, 0.2) is 0 Å². The molecule has 1 aliphatic carbocycles. The lowest BCUT2D eigenvalue weighted by molar-refractivity contribution is 0.321. The fraction of sp³-hybridized carbons (Fsp3) is 0.600. The summed E-state index contributed by atoms with van der Waals surface area (Å²) >= 11 is 0. The Morgan fingerprint density at radius 2 is 2.40 bits per heavy atom. The summed E-state index contributed by atoms with van der Waals surface area (Å²) in [4.78, 5) is 10.4. The van der Waals surface area contributed by atoms with Gasteiger partial charge < -0.3 is 4.90 Å². The Balaban J connectivity index is 1.99. The van der Waals surface area contributed by atoms with Crippen LogP contribution in [0.5, 0.6) is 0 Å². The molecule has 0 atom stereocenters. The van der Waals surface area contributed by atoms with E-state index in [2.05, 4.69) is 27.3 Å². The van der Waals surface area contributed by atoms with Gasteiger partial charge in [-0.1, -0.05) is 6.42 Å². The number of rotatable bonds is 4. The maximum absolute atomic E-state index is 5.26. The Labute approximate surface area is 89.7 Å². The molecule has 0 aliphatic heterocycles. The molecule has 0 aromatic carbocycles. The SMILES string of the molecule is CN(CC1CCC1)c1ccnc(NN)n1. The van der Waals surface area contributed by atoms with Crippen LogP contribution in [-0.2, 0) is 0 Å². The summed E-state index contributed by atoms with van der Waals surface area (Å²) in [7, 11) is 2.06. The van der Waals surface area contributed by atoms with Crippen molar-refractivity contribution in [2.75, 3.05) is 23.9 Å². The molecule has 1 saturated carbocycles. The van der Waals surface area contributed by atoms with Gasteiger partial charge in [-0.25, -0.2) is 10.8 Å². The van der Waals surface area contributed by atoms with Crippen LogP contribution in [0.15, 0.2) is 12.3 Å². The summed E-state index contributed by atoms with van der Waals surface area (Å²) in [5, 5.41) is 0. The van der Waals surface area contributed by atoms with Crippen LogP contribution in [0.25, 0.3) is 0 Å². The first-order valence-electron chi connectivity index (χ1n) is 5.30. The molecule has 5 nitrogen and oxygen atoms in total. The van der Waals surface area contributed by atoms with Gasteiger partial charge >= 0.3 is 0 Å². The molecule has 15 heavy (non-hydrogen) atoms. The van der Waals surface area contributed by atoms with Gasteiger partial charge in [-0.15, -0.1) is 0 Å². The number of aromatic nitrogens is 2. The van der Waals surface area contributed by atoms with Crippen LogP contribution in [0, 0.1) is 5.92 Å². The Hall–Kier alpha value is -1.36. The molecule has 0 saturated heterocycles. The molecule has 1 fully saturated rings. The fourth-order valence-electron chi connectivity index (χ4n) is 1.79. The summed E-state index contributed by atoms with van der Waals surface area (Å²) in [5.74, 6) is 7.48. The lowest BCUT2D eigenvalue weighted by atomic mass is 9.85. The van der Waals surface area contributed by atoms with Gasteiger partial charge in [0, 0.05) is 19.8 Å². The lowest BCUT2D eigenvalue weighted by Gasteiger charge is -2.30. The molecular formula is C10H17N5. The minimum Gasteiger partial charge on any atom is -0.359 e. The molecule has 82 valence electrons. The third-order valence-electron chi connectivity index (χ3n) is 2.92. The predicted octanol–water partition coefficient (Wildman–Crippen LogP) is 0.998. The summed E-state index contributed by atoms with van der Waals surface area (Å²) < 4.78 is 0. The van der Waals surface area contributed by atoms with Gasteiger partial charge in [0.1, 0.15) is 5.82 Å². The average molecular weight is 207 g/mol. The smallest absolute Gasteiger partial charge is 0.239 e. The van der Waals surface area contributed by atoms with Gasteiger partial charge in [0.05, 0.1) is 0 Å². The third kappa shape index (κ3) is 2.36. The van der Waals surface area contributed by atoms with Gasteiger partial charge in [0.25, 0.3) is 0 Å². The lowest BCUT2D eigenvalue weighted by Crippen LogP contribution is -2.30. The Morgan fingerprint density at radius 1 is 1.60 bits per heavy atom. The van der Waals surface area contributed by atoms with Gasteiger partial charge in [-0.3, -0.25) is 5.43 Å². The van der Waals surface area contributed by atoms with Gasteiger partial charge in [0.2, 0.25) is 5.95 Å². The van der Waals surface area contributed by atoms with Crippen LogP contribution in [0.4, 0.5) is 11.8 Å². The van der Waals surface area contributed by atoms with E-state index in [0.717, 1.165) is 18.3 Å². The number of hydrogen-bond donors (Lipinski definition) is 2. The minimum atomic E-state index is 0.466. The number of nitrogen functional groups attached to an aromatic ring is 1. The van der Waals surface area contributed by atoms with E-state index in [1.165, 1.54) is 19.3 Å². The van der Waals surface area contributed by atoms with Crippen LogP contribution < -0.4 is 16.2 Å². The number of hydrogen-bond acceptors (Lipinski definition) is 5. The zero-order valence-corrected chi connectivity index (χ0v) is 8.98. The molecular weight excluding hydrogens is 190 g/mol. The summed E-state index contributed by atoms with van der Waals surface area (Å²) in [6.45, 7) is 1.07. The van der Waals surface area contributed by atoms with Crippen LogP contribution in [0.1, 0.15) is 19.3 Å². The highest BCUT2D eigenvalue weighted by Crippen LogP contribution is 2.27. The molecule has 0 bridgehead atoms. The predicted molar refractivity (Wildman–Crippen MR) is 60.5 cm³/mol. The van der Waals surface area contributed by atoms with Gasteiger partial charge in [-0.05, 0) is 24.8 Å². The number of nitrogens with zero attached hydrogens (tertiary/aromatic N) is 3.